The highest BCUT2D eigenvalue weighted by Gasteiger charge is 2.41. The Bertz CT molecular complexity index is 503. The molecule has 22 heavy (non-hydrogen) atoms. The van der Waals surface area contributed by atoms with Gasteiger partial charge in [0, 0.05) is 57.7 Å². The van der Waals surface area contributed by atoms with Crippen LogP contribution in [0.2, 0.25) is 0 Å². The maximum Gasteiger partial charge on any atom is 0.134 e. The van der Waals surface area contributed by atoms with Gasteiger partial charge in [0.05, 0.1) is 0 Å². The minimum absolute atomic E-state index is 0.814. The molecular weight excluding hydrogens is 276 g/mol. The molecule has 1 aromatic heterocycles. The van der Waals surface area contributed by atoms with E-state index in [-0.39, 0.29) is 0 Å². The summed E-state index contributed by atoms with van der Waals surface area (Å²) in [6, 6.07) is 0. The third-order valence-corrected chi connectivity index (χ3v) is 5.59. The number of hydrogen-bond acceptors (Lipinski definition) is 5. The highest BCUT2D eigenvalue weighted by atomic mass is 16.5. The summed E-state index contributed by atoms with van der Waals surface area (Å²) in [6.45, 7) is 10.2. The van der Waals surface area contributed by atoms with E-state index in [4.69, 9.17) is 4.74 Å². The van der Waals surface area contributed by atoms with Crippen molar-refractivity contribution < 1.29 is 4.74 Å². The van der Waals surface area contributed by atoms with Gasteiger partial charge in [-0.2, -0.15) is 0 Å². The highest BCUT2D eigenvalue weighted by Crippen LogP contribution is 2.34. The monoisotopic (exact) mass is 302 g/mol. The van der Waals surface area contributed by atoms with E-state index in [1.54, 1.807) is 6.33 Å². The summed E-state index contributed by atoms with van der Waals surface area (Å²) < 4.78 is 5.48. The van der Waals surface area contributed by atoms with Gasteiger partial charge in [0.1, 0.15) is 12.1 Å². The van der Waals surface area contributed by atoms with Crippen LogP contribution < -0.4 is 4.90 Å². The van der Waals surface area contributed by atoms with Crippen LogP contribution >= 0.6 is 0 Å². The molecule has 0 N–H and O–H groups in total. The lowest BCUT2D eigenvalue weighted by Crippen LogP contribution is -2.34. The molecule has 4 heterocycles. The maximum absolute atomic E-state index is 5.48. The van der Waals surface area contributed by atoms with Crippen molar-refractivity contribution in [1.82, 2.24) is 14.9 Å². The first-order chi connectivity index (χ1) is 10.8. The molecule has 3 fully saturated rings. The van der Waals surface area contributed by atoms with Crippen molar-refractivity contribution in [1.29, 1.82) is 0 Å². The Kier molecular flexibility index (Phi) is 4.01. The molecule has 1 aromatic rings. The molecule has 0 spiro atoms. The number of anilines is 1. The van der Waals surface area contributed by atoms with Gasteiger partial charge in [-0.05, 0) is 37.5 Å². The van der Waals surface area contributed by atoms with Crippen molar-refractivity contribution in [3.63, 3.8) is 0 Å². The third kappa shape index (κ3) is 2.84. The quantitative estimate of drug-likeness (QED) is 0.848. The van der Waals surface area contributed by atoms with Gasteiger partial charge in [0.25, 0.3) is 0 Å². The second-order valence-corrected chi connectivity index (χ2v) is 7.23. The highest BCUT2D eigenvalue weighted by molar-refractivity contribution is 5.46. The van der Waals surface area contributed by atoms with Crippen LogP contribution in [0.5, 0.6) is 0 Å². The molecule has 0 saturated carbocycles. The first-order valence-electron chi connectivity index (χ1n) is 8.61. The van der Waals surface area contributed by atoms with Crippen LogP contribution in [0.3, 0.4) is 0 Å². The Morgan fingerprint density at radius 2 is 1.86 bits per heavy atom. The number of aryl methyl sites for hydroxylation is 1. The Labute approximate surface area is 132 Å². The van der Waals surface area contributed by atoms with E-state index in [2.05, 4.69) is 26.7 Å². The van der Waals surface area contributed by atoms with Crippen molar-refractivity contribution >= 4 is 5.82 Å². The molecule has 2 unspecified atom stereocenters. The molecular formula is C17H26N4O. The number of rotatable bonds is 3. The first kappa shape index (κ1) is 14.4. The van der Waals surface area contributed by atoms with Crippen molar-refractivity contribution in [2.24, 2.45) is 17.8 Å². The summed E-state index contributed by atoms with van der Waals surface area (Å²) in [4.78, 5) is 13.8. The summed E-state index contributed by atoms with van der Waals surface area (Å²) >= 11 is 0. The molecule has 0 radical (unpaired) electrons. The van der Waals surface area contributed by atoms with Gasteiger partial charge in [-0.3, -0.25) is 0 Å². The largest absolute Gasteiger partial charge is 0.381 e. The molecule has 5 heteroatoms. The van der Waals surface area contributed by atoms with Crippen LogP contribution in [0.4, 0.5) is 5.82 Å². The van der Waals surface area contributed by atoms with Gasteiger partial charge in [-0.25, -0.2) is 9.97 Å². The molecule has 3 saturated heterocycles. The molecule has 0 bridgehead atoms. The van der Waals surface area contributed by atoms with Crippen LogP contribution in [-0.4, -0.2) is 60.8 Å². The molecule has 120 valence electrons. The van der Waals surface area contributed by atoms with Crippen LogP contribution in [0.25, 0.3) is 0 Å². The first-order valence-corrected chi connectivity index (χ1v) is 8.61. The Morgan fingerprint density at radius 3 is 2.55 bits per heavy atom. The normalized spacial score (nSPS) is 30.0. The lowest BCUT2D eigenvalue weighted by Gasteiger charge is -2.28. The fourth-order valence-electron chi connectivity index (χ4n) is 4.43. The Morgan fingerprint density at radius 1 is 1.14 bits per heavy atom. The van der Waals surface area contributed by atoms with Crippen molar-refractivity contribution in [2.75, 3.05) is 50.8 Å². The second-order valence-electron chi connectivity index (χ2n) is 7.23. The predicted octanol–water partition coefficient (Wildman–Crippen LogP) is 1.58. The smallest absolute Gasteiger partial charge is 0.134 e. The minimum atomic E-state index is 0.814. The Hall–Kier alpha value is -1.20. The van der Waals surface area contributed by atoms with E-state index in [0.29, 0.717) is 0 Å². The fourth-order valence-corrected chi connectivity index (χ4v) is 4.43. The molecule has 0 aliphatic carbocycles. The zero-order valence-electron chi connectivity index (χ0n) is 13.4. The van der Waals surface area contributed by atoms with E-state index in [1.807, 2.05) is 6.20 Å². The lowest BCUT2D eigenvalue weighted by atomic mass is 10.00. The standard InChI is InChI=1S/C17H26N4O/c1-13-6-18-12-19-17(13)21-10-15-8-20(9-16(15)11-21)7-14-2-4-22-5-3-14/h6,12,14-16H,2-5,7-11H2,1H3. The minimum Gasteiger partial charge on any atom is -0.381 e. The number of hydrogen-bond donors (Lipinski definition) is 0. The zero-order chi connectivity index (χ0) is 14.9. The summed E-state index contributed by atoms with van der Waals surface area (Å²) in [6.07, 6.45) is 6.10. The molecule has 3 aliphatic heterocycles. The summed E-state index contributed by atoms with van der Waals surface area (Å²) in [5.41, 5.74) is 1.20. The number of ether oxygens (including phenoxy) is 1. The predicted molar refractivity (Wildman–Crippen MR) is 85.9 cm³/mol. The van der Waals surface area contributed by atoms with Crippen molar-refractivity contribution in [2.45, 2.75) is 19.8 Å². The average Bonchev–Trinajstić information content (AvgIpc) is 3.07. The lowest BCUT2D eigenvalue weighted by molar-refractivity contribution is 0.0547. The zero-order valence-corrected chi connectivity index (χ0v) is 13.4. The average molecular weight is 302 g/mol. The number of aromatic nitrogens is 2. The van der Waals surface area contributed by atoms with E-state index in [9.17, 15) is 0 Å². The van der Waals surface area contributed by atoms with Gasteiger partial charge < -0.3 is 14.5 Å². The number of likely N-dealkylation sites (tertiary alicyclic amines) is 1. The second kappa shape index (κ2) is 6.13. The molecule has 0 amide bonds. The van der Waals surface area contributed by atoms with Crippen molar-refractivity contribution in [3.05, 3.63) is 18.1 Å². The van der Waals surface area contributed by atoms with Gasteiger partial charge in [-0.15, -0.1) is 0 Å². The van der Waals surface area contributed by atoms with E-state index >= 15 is 0 Å². The fraction of sp³-hybridized carbons (Fsp3) is 0.765. The van der Waals surface area contributed by atoms with E-state index in [1.165, 1.54) is 38.0 Å². The molecule has 2 atom stereocenters. The van der Waals surface area contributed by atoms with Crippen LogP contribution in [-0.2, 0) is 4.74 Å². The van der Waals surface area contributed by atoms with E-state index in [0.717, 1.165) is 49.9 Å². The van der Waals surface area contributed by atoms with Gasteiger partial charge in [-0.1, -0.05) is 0 Å². The topological polar surface area (TPSA) is 41.5 Å². The van der Waals surface area contributed by atoms with Crippen LogP contribution in [0.15, 0.2) is 12.5 Å². The van der Waals surface area contributed by atoms with Gasteiger partial charge in [0.2, 0.25) is 0 Å². The molecule has 5 nitrogen and oxygen atoms in total. The third-order valence-electron chi connectivity index (χ3n) is 5.59. The van der Waals surface area contributed by atoms with Crippen LogP contribution in [0, 0.1) is 24.7 Å². The summed E-state index contributed by atoms with van der Waals surface area (Å²) in [7, 11) is 0. The van der Waals surface area contributed by atoms with Crippen molar-refractivity contribution in [3.8, 4) is 0 Å². The van der Waals surface area contributed by atoms with Gasteiger partial charge in [0.15, 0.2) is 0 Å². The summed E-state index contributed by atoms with van der Waals surface area (Å²) in [5.74, 6) is 3.62. The SMILES string of the molecule is Cc1cncnc1N1CC2CN(CC3CCOCC3)CC2C1. The van der Waals surface area contributed by atoms with E-state index < -0.39 is 0 Å². The molecule has 3 aliphatic rings. The maximum atomic E-state index is 5.48. The van der Waals surface area contributed by atoms with Gasteiger partial charge >= 0.3 is 0 Å². The Balaban J connectivity index is 1.33. The molecule has 4 rings (SSSR count). The number of fused-ring (bicyclic) bond motifs is 1. The molecule has 0 aromatic carbocycles. The summed E-state index contributed by atoms with van der Waals surface area (Å²) in [5, 5.41) is 0. The van der Waals surface area contributed by atoms with Crippen LogP contribution in [0.1, 0.15) is 18.4 Å². The number of nitrogens with zero attached hydrogens (tertiary/aromatic N) is 4.